The molecule has 3 heterocycles. The lowest BCUT2D eigenvalue weighted by Crippen LogP contribution is -2.27. The molecule has 2 aromatic carbocycles. The molecule has 0 aliphatic heterocycles. The summed E-state index contributed by atoms with van der Waals surface area (Å²) < 4.78 is 9.22. The quantitative estimate of drug-likeness (QED) is 0.366. The van der Waals surface area contributed by atoms with Crippen molar-refractivity contribution in [2.75, 3.05) is 6.61 Å². The molecule has 35 heavy (non-hydrogen) atoms. The first kappa shape index (κ1) is 22.7. The lowest BCUT2D eigenvalue weighted by molar-refractivity contribution is 0.315. The summed E-state index contributed by atoms with van der Waals surface area (Å²) in [6, 6.07) is 15.7. The summed E-state index contributed by atoms with van der Waals surface area (Å²) in [5.74, 6) is 0.840. The number of aromatic nitrogens is 5. The van der Waals surface area contributed by atoms with E-state index in [0.29, 0.717) is 11.1 Å². The van der Waals surface area contributed by atoms with Crippen molar-refractivity contribution in [2.24, 2.45) is 0 Å². The average molecular weight is 486 g/mol. The van der Waals surface area contributed by atoms with Crippen molar-refractivity contribution in [2.45, 2.75) is 27.2 Å². The topological polar surface area (TPSA) is 91.4 Å². The van der Waals surface area contributed by atoms with Gasteiger partial charge in [-0.2, -0.15) is 19.7 Å². The third-order valence-electron chi connectivity index (χ3n) is 5.50. The zero-order chi connectivity index (χ0) is 24.5. The second-order valence-corrected chi connectivity index (χ2v) is 9.16. The number of hydrogen-bond acceptors (Lipinski definition) is 7. The Labute approximate surface area is 204 Å². The van der Waals surface area contributed by atoms with Crippen LogP contribution in [0.4, 0.5) is 0 Å². The van der Waals surface area contributed by atoms with Crippen molar-refractivity contribution >= 4 is 22.4 Å². The molecule has 3 aromatic heterocycles. The zero-order valence-corrected chi connectivity index (χ0v) is 20.4. The Hall–Kier alpha value is -4.11. The number of hydrogen-bond donors (Lipinski definition) is 0. The van der Waals surface area contributed by atoms with E-state index >= 15 is 0 Å². The molecule has 0 atom stereocenters. The molecule has 0 radical (unpaired) electrons. The Balaban J connectivity index is 1.69. The Morgan fingerprint density at radius 3 is 2.60 bits per heavy atom. The second kappa shape index (κ2) is 9.27. The first-order valence-electron chi connectivity index (χ1n) is 11.3. The van der Waals surface area contributed by atoms with Crippen LogP contribution in [0.15, 0.2) is 64.3 Å². The fourth-order valence-electron chi connectivity index (χ4n) is 3.73. The maximum absolute atomic E-state index is 13.0. The number of aryl methyl sites for hydroxylation is 2. The molecule has 176 valence electrons. The predicted molar refractivity (Wildman–Crippen MR) is 136 cm³/mol. The van der Waals surface area contributed by atoms with Crippen molar-refractivity contribution in [3.63, 3.8) is 0 Å². The van der Waals surface area contributed by atoms with Crippen LogP contribution in [0.1, 0.15) is 30.2 Å². The normalized spacial score (nSPS) is 11.9. The lowest BCUT2D eigenvalue weighted by atomic mass is 10.0. The SMILES string of the molecule is CCCOc1ccc(-c2nn(-c3ccccc3)cc2C=c2sc3nc(=O)c(C)nn3c2=O)cc1C. The van der Waals surface area contributed by atoms with E-state index in [2.05, 4.69) is 17.0 Å². The highest BCUT2D eigenvalue weighted by Crippen LogP contribution is 2.29. The summed E-state index contributed by atoms with van der Waals surface area (Å²) in [4.78, 5) is 29.2. The second-order valence-electron chi connectivity index (χ2n) is 8.15. The van der Waals surface area contributed by atoms with E-state index in [1.54, 1.807) is 17.7 Å². The highest BCUT2D eigenvalue weighted by molar-refractivity contribution is 7.15. The molecular weight excluding hydrogens is 462 g/mol. The van der Waals surface area contributed by atoms with Gasteiger partial charge < -0.3 is 4.74 Å². The third-order valence-corrected chi connectivity index (χ3v) is 6.46. The van der Waals surface area contributed by atoms with Crippen molar-refractivity contribution in [1.82, 2.24) is 24.4 Å². The molecule has 0 saturated carbocycles. The first-order chi connectivity index (χ1) is 16.9. The van der Waals surface area contributed by atoms with Gasteiger partial charge in [0, 0.05) is 17.3 Å². The van der Waals surface area contributed by atoms with E-state index in [-0.39, 0.29) is 16.2 Å². The number of ether oxygens (including phenoxy) is 1. The third kappa shape index (κ3) is 4.38. The van der Waals surface area contributed by atoms with Gasteiger partial charge in [0.15, 0.2) is 0 Å². The number of fused-ring (bicyclic) bond motifs is 1. The van der Waals surface area contributed by atoms with Gasteiger partial charge in [0.25, 0.3) is 11.1 Å². The molecule has 9 heteroatoms. The van der Waals surface area contributed by atoms with Crippen molar-refractivity contribution in [3.8, 4) is 22.7 Å². The van der Waals surface area contributed by atoms with Gasteiger partial charge in [-0.3, -0.25) is 9.59 Å². The smallest absolute Gasteiger partial charge is 0.295 e. The summed E-state index contributed by atoms with van der Waals surface area (Å²) in [5, 5.41) is 8.95. The molecule has 0 aliphatic carbocycles. The number of rotatable bonds is 6. The monoisotopic (exact) mass is 485 g/mol. The van der Waals surface area contributed by atoms with Gasteiger partial charge in [-0.25, -0.2) is 4.68 Å². The lowest BCUT2D eigenvalue weighted by Gasteiger charge is -2.09. The van der Waals surface area contributed by atoms with E-state index in [0.717, 1.165) is 51.6 Å². The van der Waals surface area contributed by atoms with Crippen LogP contribution in [0.3, 0.4) is 0 Å². The van der Waals surface area contributed by atoms with Crippen LogP contribution in [0.2, 0.25) is 0 Å². The molecule has 0 fully saturated rings. The summed E-state index contributed by atoms with van der Waals surface area (Å²) in [7, 11) is 0. The standard InChI is InChI=1S/C26H23N5O3S/c1-4-12-34-21-11-10-18(13-16(21)2)23-19(15-30(29-23)20-8-6-5-7-9-20)14-22-25(33)31-26(35-22)27-24(32)17(3)28-31/h5-11,13-15H,4,12H2,1-3H3. The molecule has 8 nitrogen and oxygen atoms in total. The van der Waals surface area contributed by atoms with Crippen molar-refractivity contribution in [3.05, 3.63) is 96.8 Å². The Bertz CT molecular complexity index is 1700. The van der Waals surface area contributed by atoms with Gasteiger partial charge >= 0.3 is 0 Å². The maximum atomic E-state index is 13.0. The van der Waals surface area contributed by atoms with Crippen LogP contribution in [0.5, 0.6) is 5.75 Å². The van der Waals surface area contributed by atoms with Crippen molar-refractivity contribution in [1.29, 1.82) is 0 Å². The number of para-hydroxylation sites is 1. The minimum Gasteiger partial charge on any atom is -0.493 e. The molecule has 0 saturated heterocycles. The molecule has 5 aromatic rings. The van der Waals surface area contributed by atoms with Gasteiger partial charge in [0.05, 0.1) is 16.8 Å². The van der Waals surface area contributed by atoms with E-state index in [1.807, 2.05) is 61.7 Å². The molecule has 0 spiro atoms. The van der Waals surface area contributed by atoms with Crippen LogP contribution < -0.4 is 20.4 Å². The molecular formula is C26H23N5O3S. The number of benzene rings is 2. The van der Waals surface area contributed by atoms with Crippen LogP contribution in [-0.4, -0.2) is 31.0 Å². The summed E-state index contributed by atoms with van der Waals surface area (Å²) in [5.41, 5.74) is 3.72. The Morgan fingerprint density at radius 2 is 1.86 bits per heavy atom. The van der Waals surface area contributed by atoms with Crippen LogP contribution in [0, 0.1) is 13.8 Å². The highest BCUT2D eigenvalue weighted by atomic mass is 32.1. The number of nitrogens with zero attached hydrogens (tertiary/aromatic N) is 5. The van der Waals surface area contributed by atoms with E-state index in [9.17, 15) is 9.59 Å². The molecule has 0 amide bonds. The zero-order valence-electron chi connectivity index (χ0n) is 19.6. The van der Waals surface area contributed by atoms with Crippen LogP contribution in [-0.2, 0) is 0 Å². The summed E-state index contributed by atoms with van der Waals surface area (Å²) in [6.07, 6.45) is 4.60. The van der Waals surface area contributed by atoms with E-state index < -0.39 is 5.56 Å². The molecule has 0 unspecified atom stereocenters. The minimum atomic E-state index is -0.434. The largest absolute Gasteiger partial charge is 0.493 e. The Kier molecular flexibility index (Phi) is 6.00. The fraction of sp³-hybridized carbons (Fsp3) is 0.192. The van der Waals surface area contributed by atoms with Crippen LogP contribution in [0.25, 0.3) is 28.0 Å². The number of thiazole rings is 1. The average Bonchev–Trinajstić information content (AvgIpc) is 3.41. The molecule has 0 N–H and O–H groups in total. The summed E-state index contributed by atoms with van der Waals surface area (Å²) >= 11 is 1.13. The summed E-state index contributed by atoms with van der Waals surface area (Å²) in [6.45, 7) is 6.28. The van der Waals surface area contributed by atoms with Gasteiger partial charge in [-0.15, -0.1) is 0 Å². The highest BCUT2D eigenvalue weighted by Gasteiger charge is 2.15. The Morgan fingerprint density at radius 1 is 1.06 bits per heavy atom. The maximum Gasteiger partial charge on any atom is 0.295 e. The van der Waals surface area contributed by atoms with Gasteiger partial charge in [0.2, 0.25) is 4.96 Å². The van der Waals surface area contributed by atoms with Gasteiger partial charge in [-0.05, 0) is 62.2 Å². The molecule has 0 bridgehead atoms. The predicted octanol–water partition coefficient (Wildman–Crippen LogP) is 3.32. The van der Waals surface area contributed by atoms with Crippen molar-refractivity contribution < 1.29 is 4.74 Å². The van der Waals surface area contributed by atoms with Crippen LogP contribution >= 0.6 is 11.3 Å². The molecule has 0 aliphatic rings. The minimum absolute atomic E-state index is 0.183. The first-order valence-corrected chi connectivity index (χ1v) is 12.1. The van der Waals surface area contributed by atoms with Gasteiger partial charge in [-0.1, -0.05) is 36.5 Å². The molecule has 5 rings (SSSR count). The van der Waals surface area contributed by atoms with Gasteiger partial charge in [0.1, 0.15) is 17.1 Å². The van der Waals surface area contributed by atoms with E-state index in [1.165, 1.54) is 4.52 Å². The van der Waals surface area contributed by atoms with E-state index in [4.69, 9.17) is 9.84 Å². The fourth-order valence-corrected chi connectivity index (χ4v) is 4.62.